The van der Waals surface area contributed by atoms with Crippen LogP contribution in [-0.2, 0) is 14.9 Å². The highest BCUT2D eigenvalue weighted by molar-refractivity contribution is 5.83. The Balaban J connectivity index is 3.42. The van der Waals surface area contributed by atoms with E-state index < -0.39 is 16.3 Å². The smallest absolute Gasteiger partial charge is 0.315 e. The van der Waals surface area contributed by atoms with Crippen LogP contribution in [0.4, 0.5) is 5.69 Å². The summed E-state index contributed by atoms with van der Waals surface area (Å²) < 4.78 is 4.68. The van der Waals surface area contributed by atoms with Crippen molar-refractivity contribution in [2.24, 2.45) is 0 Å². The first kappa shape index (κ1) is 13.2. The number of rotatable bonds is 3. The van der Waals surface area contributed by atoms with Crippen molar-refractivity contribution >= 4 is 11.7 Å². The van der Waals surface area contributed by atoms with Gasteiger partial charge in [-0.15, -0.1) is 0 Å². The Morgan fingerprint density at radius 1 is 1.41 bits per heavy atom. The third kappa shape index (κ3) is 2.43. The molecule has 0 saturated carbocycles. The van der Waals surface area contributed by atoms with Crippen LogP contribution in [-0.4, -0.2) is 18.0 Å². The summed E-state index contributed by atoms with van der Waals surface area (Å²) in [4.78, 5) is 22.1. The fourth-order valence-corrected chi connectivity index (χ4v) is 1.67. The summed E-state index contributed by atoms with van der Waals surface area (Å²) in [5.74, 6) is -0.494. The second-order valence-electron chi connectivity index (χ2n) is 4.39. The van der Waals surface area contributed by atoms with E-state index in [-0.39, 0.29) is 5.69 Å². The second-order valence-corrected chi connectivity index (χ2v) is 4.39. The SMILES string of the molecule is COC(=O)C(C)(C)c1cc(C)ccc1[N+](=O)[O-]. The molecule has 0 N–H and O–H groups in total. The van der Waals surface area contributed by atoms with Gasteiger partial charge < -0.3 is 4.74 Å². The first-order valence-corrected chi connectivity index (χ1v) is 5.14. The summed E-state index contributed by atoms with van der Waals surface area (Å²) in [5, 5.41) is 10.9. The zero-order valence-corrected chi connectivity index (χ0v) is 10.3. The van der Waals surface area contributed by atoms with E-state index in [9.17, 15) is 14.9 Å². The van der Waals surface area contributed by atoms with E-state index in [4.69, 9.17) is 0 Å². The highest BCUT2D eigenvalue weighted by atomic mass is 16.6. The standard InChI is InChI=1S/C12H15NO4/c1-8-5-6-10(13(15)16)9(7-8)12(2,3)11(14)17-4/h5-7H,1-4H3. The number of aryl methyl sites for hydroxylation is 1. The van der Waals surface area contributed by atoms with Crippen LogP contribution in [0.3, 0.4) is 0 Å². The summed E-state index contributed by atoms with van der Waals surface area (Å²) in [6.07, 6.45) is 0. The van der Waals surface area contributed by atoms with Gasteiger partial charge >= 0.3 is 5.97 Å². The molecule has 0 heterocycles. The van der Waals surface area contributed by atoms with Gasteiger partial charge in [-0.1, -0.05) is 11.6 Å². The molecule has 5 heteroatoms. The lowest BCUT2D eigenvalue weighted by Gasteiger charge is -2.22. The van der Waals surface area contributed by atoms with Crippen molar-refractivity contribution in [1.29, 1.82) is 0 Å². The Hall–Kier alpha value is -1.91. The number of benzene rings is 1. The molecule has 1 aromatic carbocycles. The first-order valence-electron chi connectivity index (χ1n) is 5.14. The molecule has 0 aromatic heterocycles. The maximum absolute atomic E-state index is 11.7. The Morgan fingerprint density at radius 2 is 2.00 bits per heavy atom. The van der Waals surface area contributed by atoms with Crippen LogP contribution in [0.15, 0.2) is 18.2 Å². The number of ether oxygens (including phenoxy) is 1. The highest BCUT2D eigenvalue weighted by Gasteiger charge is 2.36. The van der Waals surface area contributed by atoms with E-state index in [1.54, 1.807) is 26.0 Å². The molecule has 0 aliphatic carbocycles. The van der Waals surface area contributed by atoms with Crippen molar-refractivity contribution in [2.45, 2.75) is 26.2 Å². The molecule has 0 fully saturated rings. The molecular formula is C12H15NO4. The largest absolute Gasteiger partial charge is 0.468 e. The van der Waals surface area contributed by atoms with Gasteiger partial charge in [-0.25, -0.2) is 0 Å². The number of nitro groups is 1. The van der Waals surface area contributed by atoms with Crippen LogP contribution >= 0.6 is 0 Å². The average molecular weight is 237 g/mol. The Labute approximate surface area is 99.5 Å². The minimum absolute atomic E-state index is 0.0639. The molecule has 92 valence electrons. The fourth-order valence-electron chi connectivity index (χ4n) is 1.67. The van der Waals surface area contributed by atoms with Gasteiger partial charge in [-0.05, 0) is 26.8 Å². The van der Waals surface area contributed by atoms with E-state index in [2.05, 4.69) is 4.74 Å². The van der Waals surface area contributed by atoms with Gasteiger partial charge in [-0.2, -0.15) is 0 Å². The van der Waals surface area contributed by atoms with Crippen molar-refractivity contribution in [3.63, 3.8) is 0 Å². The monoisotopic (exact) mass is 237 g/mol. The summed E-state index contributed by atoms with van der Waals surface area (Å²) in [7, 11) is 1.27. The van der Waals surface area contributed by atoms with E-state index in [0.29, 0.717) is 5.56 Å². The van der Waals surface area contributed by atoms with Gasteiger partial charge in [0.15, 0.2) is 0 Å². The van der Waals surface area contributed by atoms with Gasteiger partial charge in [0.2, 0.25) is 0 Å². The second kappa shape index (κ2) is 4.53. The summed E-state index contributed by atoms with van der Waals surface area (Å²) in [6.45, 7) is 5.04. The number of carbonyl (C=O) groups is 1. The molecule has 0 aliphatic rings. The Kier molecular flexibility index (Phi) is 3.50. The van der Waals surface area contributed by atoms with Gasteiger partial charge in [0, 0.05) is 11.6 Å². The number of hydrogen-bond donors (Lipinski definition) is 0. The number of methoxy groups -OCH3 is 1. The zero-order chi connectivity index (χ0) is 13.2. The van der Waals surface area contributed by atoms with Gasteiger partial charge in [-0.3, -0.25) is 14.9 Å². The minimum Gasteiger partial charge on any atom is -0.468 e. The highest BCUT2D eigenvalue weighted by Crippen LogP contribution is 2.33. The van der Waals surface area contributed by atoms with Crippen molar-refractivity contribution in [2.75, 3.05) is 7.11 Å². The number of hydrogen-bond acceptors (Lipinski definition) is 4. The molecule has 17 heavy (non-hydrogen) atoms. The lowest BCUT2D eigenvalue weighted by atomic mass is 9.83. The topological polar surface area (TPSA) is 69.4 Å². The van der Waals surface area contributed by atoms with Crippen LogP contribution in [0, 0.1) is 17.0 Å². The number of carbonyl (C=O) groups excluding carboxylic acids is 1. The van der Waals surface area contributed by atoms with Crippen molar-refractivity contribution in [3.8, 4) is 0 Å². The lowest BCUT2D eigenvalue weighted by Crippen LogP contribution is -2.31. The molecule has 1 aromatic rings. The van der Waals surface area contributed by atoms with Crippen molar-refractivity contribution in [3.05, 3.63) is 39.4 Å². The quantitative estimate of drug-likeness (QED) is 0.459. The number of esters is 1. The van der Waals surface area contributed by atoms with Crippen LogP contribution in [0.5, 0.6) is 0 Å². The molecule has 0 atom stereocenters. The molecule has 0 unspecified atom stereocenters. The third-order valence-corrected chi connectivity index (χ3v) is 2.72. The van der Waals surface area contributed by atoms with E-state index in [0.717, 1.165) is 5.56 Å². The Morgan fingerprint density at radius 3 is 2.47 bits per heavy atom. The van der Waals surface area contributed by atoms with Crippen LogP contribution < -0.4 is 0 Å². The molecule has 0 spiro atoms. The summed E-state index contributed by atoms with van der Waals surface area (Å²) in [5.41, 5.74) is 0.131. The maximum Gasteiger partial charge on any atom is 0.315 e. The number of nitro benzene ring substituents is 1. The first-order chi connectivity index (χ1) is 7.80. The molecule has 0 bridgehead atoms. The molecule has 5 nitrogen and oxygen atoms in total. The van der Waals surface area contributed by atoms with E-state index >= 15 is 0 Å². The lowest BCUT2D eigenvalue weighted by molar-refractivity contribution is -0.386. The van der Waals surface area contributed by atoms with Crippen LogP contribution in [0.2, 0.25) is 0 Å². The predicted octanol–water partition coefficient (Wildman–Crippen LogP) is 2.35. The predicted molar refractivity (Wildman–Crippen MR) is 62.9 cm³/mol. The fraction of sp³-hybridized carbons (Fsp3) is 0.417. The van der Waals surface area contributed by atoms with E-state index in [1.807, 2.05) is 6.92 Å². The molecule has 0 aliphatic heterocycles. The minimum atomic E-state index is -1.04. The van der Waals surface area contributed by atoms with Gasteiger partial charge in [0.25, 0.3) is 5.69 Å². The molecule has 0 radical (unpaired) electrons. The van der Waals surface area contributed by atoms with Gasteiger partial charge in [0.1, 0.15) is 0 Å². The van der Waals surface area contributed by atoms with Crippen LogP contribution in [0.1, 0.15) is 25.0 Å². The average Bonchev–Trinajstić information content (AvgIpc) is 2.27. The summed E-state index contributed by atoms with van der Waals surface area (Å²) in [6, 6.07) is 4.71. The Bertz CT molecular complexity index is 466. The molecular weight excluding hydrogens is 222 g/mol. The molecule has 0 amide bonds. The third-order valence-electron chi connectivity index (χ3n) is 2.72. The van der Waals surface area contributed by atoms with Crippen molar-refractivity contribution < 1.29 is 14.5 Å². The van der Waals surface area contributed by atoms with Crippen LogP contribution in [0.25, 0.3) is 0 Å². The molecule has 1 rings (SSSR count). The zero-order valence-electron chi connectivity index (χ0n) is 10.3. The maximum atomic E-state index is 11.7. The van der Waals surface area contributed by atoms with Gasteiger partial charge in [0.05, 0.1) is 17.4 Å². The number of nitrogens with zero attached hydrogens (tertiary/aromatic N) is 1. The normalized spacial score (nSPS) is 11.1. The molecule has 0 saturated heterocycles. The van der Waals surface area contributed by atoms with Crippen molar-refractivity contribution in [1.82, 2.24) is 0 Å². The van der Waals surface area contributed by atoms with E-state index in [1.165, 1.54) is 13.2 Å². The summed E-state index contributed by atoms with van der Waals surface area (Å²) >= 11 is 0.